The van der Waals surface area contributed by atoms with Gasteiger partial charge in [-0.3, -0.25) is 4.79 Å². The zero-order chi connectivity index (χ0) is 16.3. The highest BCUT2D eigenvalue weighted by atomic mass is 32.2. The van der Waals surface area contributed by atoms with Gasteiger partial charge in [-0.25, -0.2) is 8.42 Å². The van der Waals surface area contributed by atoms with Crippen molar-refractivity contribution in [1.29, 1.82) is 0 Å². The standard InChI is InChI=1S/C17H19NO3S/c1-12-7-8-14(9-13(12)2)10-17(19)18-15-5-4-6-16(11-15)22(3,20)21/h4-9,11H,10H2,1-3H3,(H,18,19). The molecule has 116 valence electrons. The highest BCUT2D eigenvalue weighted by molar-refractivity contribution is 7.90. The van der Waals surface area contributed by atoms with E-state index in [2.05, 4.69) is 5.32 Å². The second-order valence-electron chi connectivity index (χ2n) is 5.44. The minimum atomic E-state index is -3.28. The van der Waals surface area contributed by atoms with Crippen molar-refractivity contribution >= 4 is 21.4 Å². The summed E-state index contributed by atoms with van der Waals surface area (Å²) in [4.78, 5) is 12.3. The molecule has 0 aliphatic heterocycles. The van der Waals surface area contributed by atoms with Crippen LogP contribution >= 0.6 is 0 Å². The second-order valence-corrected chi connectivity index (χ2v) is 7.46. The quantitative estimate of drug-likeness (QED) is 0.943. The predicted molar refractivity (Wildman–Crippen MR) is 87.8 cm³/mol. The molecule has 0 fully saturated rings. The van der Waals surface area contributed by atoms with Gasteiger partial charge in [0, 0.05) is 11.9 Å². The van der Waals surface area contributed by atoms with Crippen LogP contribution in [-0.2, 0) is 21.1 Å². The maximum absolute atomic E-state index is 12.1. The van der Waals surface area contributed by atoms with Gasteiger partial charge in [0.1, 0.15) is 0 Å². The van der Waals surface area contributed by atoms with E-state index in [-0.39, 0.29) is 17.2 Å². The van der Waals surface area contributed by atoms with Crippen LogP contribution in [-0.4, -0.2) is 20.6 Å². The number of aryl methyl sites for hydroxylation is 2. The summed E-state index contributed by atoms with van der Waals surface area (Å²) in [6, 6.07) is 12.2. The van der Waals surface area contributed by atoms with E-state index in [9.17, 15) is 13.2 Å². The van der Waals surface area contributed by atoms with E-state index < -0.39 is 9.84 Å². The Balaban J connectivity index is 2.10. The molecule has 0 aliphatic rings. The van der Waals surface area contributed by atoms with Gasteiger partial charge in [-0.1, -0.05) is 24.3 Å². The Morgan fingerprint density at radius 1 is 1.05 bits per heavy atom. The minimum Gasteiger partial charge on any atom is -0.326 e. The van der Waals surface area contributed by atoms with Crippen LogP contribution in [0.1, 0.15) is 16.7 Å². The third-order valence-corrected chi connectivity index (χ3v) is 4.59. The summed E-state index contributed by atoms with van der Waals surface area (Å²) >= 11 is 0. The molecule has 1 N–H and O–H groups in total. The first kappa shape index (κ1) is 16.2. The van der Waals surface area contributed by atoms with Crippen molar-refractivity contribution in [1.82, 2.24) is 0 Å². The van der Waals surface area contributed by atoms with Gasteiger partial charge < -0.3 is 5.32 Å². The summed E-state index contributed by atoms with van der Waals surface area (Å²) in [7, 11) is -3.28. The lowest BCUT2D eigenvalue weighted by Crippen LogP contribution is -2.14. The van der Waals surface area contributed by atoms with Crippen LogP contribution in [0.3, 0.4) is 0 Å². The largest absolute Gasteiger partial charge is 0.326 e. The number of benzene rings is 2. The Morgan fingerprint density at radius 3 is 2.41 bits per heavy atom. The number of hydrogen-bond donors (Lipinski definition) is 1. The molecule has 2 aromatic rings. The van der Waals surface area contributed by atoms with Gasteiger partial charge in [-0.2, -0.15) is 0 Å². The lowest BCUT2D eigenvalue weighted by molar-refractivity contribution is -0.115. The maximum atomic E-state index is 12.1. The number of nitrogens with one attached hydrogen (secondary N) is 1. The highest BCUT2D eigenvalue weighted by Crippen LogP contribution is 2.16. The molecule has 22 heavy (non-hydrogen) atoms. The van der Waals surface area contributed by atoms with Crippen molar-refractivity contribution in [3.05, 3.63) is 59.2 Å². The Morgan fingerprint density at radius 2 is 1.77 bits per heavy atom. The predicted octanol–water partition coefficient (Wildman–Crippen LogP) is 2.89. The average molecular weight is 317 g/mol. The van der Waals surface area contributed by atoms with Crippen LogP contribution < -0.4 is 5.32 Å². The molecule has 0 atom stereocenters. The number of carbonyl (C=O) groups is 1. The van der Waals surface area contributed by atoms with E-state index in [0.29, 0.717) is 5.69 Å². The fourth-order valence-corrected chi connectivity index (χ4v) is 2.78. The van der Waals surface area contributed by atoms with Gasteiger partial charge in [0.25, 0.3) is 0 Å². The van der Waals surface area contributed by atoms with Crippen molar-refractivity contribution in [2.45, 2.75) is 25.2 Å². The first-order chi connectivity index (χ1) is 10.3. The second kappa shape index (κ2) is 6.32. The Kier molecular flexibility index (Phi) is 4.66. The van der Waals surface area contributed by atoms with Crippen molar-refractivity contribution in [2.75, 3.05) is 11.6 Å². The monoisotopic (exact) mass is 317 g/mol. The number of hydrogen-bond acceptors (Lipinski definition) is 3. The molecule has 0 bridgehead atoms. The van der Waals surface area contributed by atoms with Crippen LogP contribution in [0.2, 0.25) is 0 Å². The molecule has 0 spiro atoms. The smallest absolute Gasteiger partial charge is 0.228 e. The molecule has 0 saturated carbocycles. The van der Waals surface area contributed by atoms with E-state index in [1.807, 2.05) is 32.0 Å². The Hall–Kier alpha value is -2.14. The normalized spacial score (nSPS) is 11.2. The summed E-state index contributed by atoms with van der Waals surface area (Å²) in [6.07, 6.45) is 1.40. The Bertz CT molecular complexity index is 810. The summed E-state index contributed by atoms with van der Waals surface area (Å²) < 4.78 is 23.0. The van der Waals surface area contributed by atoms with Crippen LogP contribution in [0.15, 0.2) is 47.4 Å². The van der Waals surface area contributed by atoms with Crippen LogP contribution in [0, 0.1) is 13.8 Å². The molecule has 0 radical (unpaired) electrons. The topological polar surface area (TPSA) is 63.2 Å². The first-order valence-electron chi connectivity index (χ1n) is 6.92. The molecule has 2 rings (SSSR count). The summed E-state index contributed by atoms with van der Waals surface area (Å²) in [5, 5.41) is 2.73. The molecule has 0 aromatic heterocycles. The zero-order valence-corrected chi connectivity index (χ0v) is 13.7. The molecule has 0 unspecified atom stereocenters. The fourth-order valence-electron chi connectivity index (χ4n) is 2.11. The van der Waals surface area contributed by atoms with Gasteiger partial charge in [0.2, 0.25) is 5.91 Å². The van der Waals surface area contributed by atoms with Crippen LogP contribution in [0.5, 0.6) is 0 Å². The molecule has 0 heterocycles. The zero-order valence-electron chi connectivity index (χ0n) is 12.9. The van der Waals surface area contributed by atoms with E-state index in [1.54, 1.807) is 12.1 Å². The first-order valence-corrected chi connectivity index (χ1v) is 8.81. The lowest BCUT2D eigenvalue weighted by atomic mass is 10.0. The van der Waals surface area contributed by atoms with Gasteiger partial charge in [-0.05, 0) is 48.7 Å². The molecule has 5 heteroatoms. The van der Waals surface area contributed by atoms with Gasteiger partial charge in [0.05, 0.1) is 11.3 Å². The van der Waals surface area contributed by atoms with Crippen molar-refractivity contribution in [3.63, 3.8) is 0 Å². The van der Waals surface area contributed by atoms with Crippen molar-refractivity contribution < 1.29 is 13.2 Å². The van der Waals surface area contributed by atoms with Crippen LogP contribution in [0.4, 0.5) is 5.69 Å². The number of carbonyl (C=O) groups excluding carboxylic acids is 1. The molecule has 0 saturated heterocycles. The Labute approximate surface area is 131 Å². The highest BCUT2D eigenvalue weighted by Gasteiger charge is 2.09. The van der Waals surface area contributed by atoms with Crippen molar-refractivity contribution in [2.24, 2.45) is 0 Å². The molecule has 2 aromatic carbocycles. The summed E-state index contributed by atoms with van der Waals surface area (Å²) in [5.74, 6) is -0.172. The fraction of sp³-hybridized carbons (Fsp3) is 0.235. The van der Waals surface area contributed by atoms with Crippen LogP contribution in [0.25, 0.3) is 0 Å². The molecule has 4 nitrogen and oxygen atoms in total. The van der Waals surface area contributed by atoms with E-state index >= 15 is 0 Å². The molecular formula is C17H19NO3S. The van der Waals surface area contributed by atoms with E-state index in [0.717, 1.165) is 17.4 Å². The summed E-state index contributed by atoms with van der Waals surface area (Å²) in [5.41, 5.74) is 3.74. The number of rotatable bonds is 4. The third kappa shape index (κ3) is 4.18. The molecule has 1 amide bonds. The van der Waals surface area contributed by atoms with Gasteiger partial charge in [0.15, 0.2) is 9.84 Å². The van der Waals surface area contributed by atoms with Crippen molar-refractivity contribution in [3.8, 4) is 0 Å². The molecular weight excluding hydrogens is 298 g/mol. The maximum Gasteiger partial charge on any atom is 0.228 e. The van der Waals surface area contributed by atoms with Gasteiger partial charge >= 0.3 is 0 Å². The number of anilines is 1. The summed E-state index contributed by atoms with van der Waals surface area (Å²) in [6.45, 7) is 4.03. The number of sulfone groups is 1. The van der Waals surface area contributed by atoms with E-state index in [1.165, 1.54) is 17.7 Å². The third-order valence-electron chi connectivity index (χ3n) is 3.48. The SMILES string of the molecule is Cc1ccc(CC(=O)Nc2cccc(S(C)(=O)=O)c2)cc1C. The van der Waals surface area contributed by atoms with Gasteiger partial charge in [-0.15, -0.1) is 0 Å². The average Bonchev–Trinajstić information content (AvgIpc) is 2.42. The minimum absolute atomic E-state index is 0.172. The molecule has 0 aliphatic carbocycles. The lowest BCUT2D eigenvalue weighted by Gasteiger charge is -2.08. The van der Waals surface area contributed by atoms with E-state index in [4.69, 9.17) is 0 Å². The number of amides is 1.